The van der Waals surface area contributed by atoms with Crippen molar-refractivity contribution in [2.24, 2.45) is 0 Å². The van der Waals surface area contributed by atoms with Crippen LogP contribution in [0.5, 0.6) is 11.5 Å². The largest absolute Gasteiger partial charge is 0.431 e. The molecule has 0 atom stereocenters. The van der Waals surface area contributed by atoms with Crippen molar-refractivity contribution in [3.05, 3.63) is 23.8 Å². The van der Waals surface area contributed by atoms with Crippen LogP contribution in [-0.2, 0) is 5.41 Å². The molecule has 1 aliphatic rings. The molecule has 1 fully saturated rings. The molecule has 0 aliphatic heterocycles. The molecule has 1 saturated carbocycles. The van der Waals surface area contributed by atoms with Crippen LogP contribution in [-0.4, -0.2) is 13.2 Å². The highest BCUT2D eigenvalue weighted by molar-refractivity contribution is 5.47. The molecular formula is C15H15F4NO2. The zero-order chi connectivity index (χ0) is 16.2. The number of benzene rings is 1. The van der Waals surface area contributed by atoms with E-state index in [0.29, 0.717) is 18.4 Å². The van der Waals surface area contributed by atoms with Gasteiger partial charge in [0.1, 0.15) is 0 Å². The summed E-state index contributed by atoms with van der Waals surface area (Å²) >= 11 is 0. The molecule has 0 bridgehead atoms. The van der Waals surface area contributed by atoms with Crippen LogP contribution >= 0.6 is 0 Å². The molecule has 0 spiro atoms. The summed E-state index contributed by atoms with van der Waals surface area (Å²) in [7, 11) is 0. The van der Waals surface area contributed by atoms with Gasteiger partial charge in [0.25, 0.3) is 0 Å². The fourth-order valence-corrected chi connectivity index (χ4v) is 2.81. The maximum atomic E-state index is 12.5. The normalized spacial score (nSPS) is 17.3. The third kappa shape index (κ3) is 3.62. The van der Waals surface area contributed by atoms with Crippen LogP contribution in [0.2, 0.25) is 0 Å². The van der Waals surface area contributed by atoms with E-state index in [1.807, 2.05) is 0 Å². The SMILES string of the molecule is N#CC1(c2ccc(OC(F)F)c(OC(F)F)c2)CCCCC1. The van der Waals surface area contributed by atoms with E-state index in [0.717, 1.165) is 25.3 Å². The quantitative estimate of drug-likeness (QED) is 0.744. The molecular weight excluding hydrogens is 302 g/mol. The molecule has 22 heavy (non-hydrogen) atoms. The summed E-state index contributed by atoms with van der Waals surface area (Å²) in [5.41, 5.74) is -0.297. The third-order valence-corrected chi connectivity index (χ3v) is 3.85. The van der Waals surface area contributed by atoms with Crippen LogP contribution in [0.25, 0.3) is 0 Å². The van der Waals surface area contributed by atoms with Crippen molar-refractivity contribution in [1.82, 2.24) is 0 Å². The lowest BCUT2D eigenvalue weighted by molar-refractivity contribution is -0.0693. The fraction of sp³-hybridized carbons (Fsp3) is 0.533. The van der Waals surface area contributed by atoms with Crippen LogP contribution < -0.4 is 9.47 Å². The number of ether oxygens (including phenoxy) is 2. The third-order valence-electron chi connectivity index (χ3n) is 3.85. The van der Waals surface area contributed by atoms with Gasteiger partial charge in [0, 0.05) is 0 Å². The van der Waals surface area contributed by atoms with Crippen molar-refractivity contribution in [3.8, 4) is 17.6 Å². The first-order valence-electron chi connectivity index (χ1n) is 6.92. The van der Waals surface area contributed by atoms with Crippen LogP contribution in [0, 0.1) is 11.3 Å². The standard InChI is InChI=1S/C15H15F4NO2/c16-13(17)21-11-5-4-10(8-12(11)22-14(18)19)15(9-20)6-2-1-3-7-15/h4-5,8,13-14H,1-3,6-7H2. The Morgan fingerprint density at radius 2 is 1.55 bits per heavy atom. The number of hydrogen-bond acceptors (Lipinski definition) is 3. The average molecular weight is 317 g/mol. The number of nitriles is 1. The van der Waals surface area contributed by atoms with E-state index in [-0.39, 0.29) is 0 Å². The molecule has 7 heteroatoms. The van der Waals surface area contributed by atoms with Gasteiger partial charge in [0.05, 0.1) is 11.5 Å². The first-order valence-corrected chi connectivity index (χ1v) is 6.92. The Balaban J connectivity index is 2.38. The Labute approximate surface area is 125 Å². The first-order chi connectivity index (χ1) is 10.5. The van der Waals surface area contributed by atoms with E-state index in [2.05, 4.69) is 15.5 Å². The van der Waals surface area contributed by atoms with Crippen molar-refractivity contribution in [1.29, 1.82) is 5.26 Å². The van der Waals surface area contributed by atoms with Gasteiger partial charge >= 0.3 is 13.2 Å². The van der Waals surface area contributed by atoms with E-state index in [1.54, 1.807) is 0 Å². The van der Waals surface area contributed by atoms with Crippen molar-refractivity contribution in [3.63, 3.8) is 0 Å². The summed E-state index contributed by atoms with van der Waals surface area (Å²) in [5, 5.41) is 9.49. The molecule has 0 amide bonds. The van der Waals surface area contributed by atoms with Gasteiger partial charge in [-0.15, -0.1) is 0 Å². The van der Waals surface area contributed by atoms with Crippen LogP contribution in [0.4, 0.5) is 17.6 Å². The maximum Gasteiger partial charge on any atom is 0.387 e. The van der Waals surface area contributed by atoms with E-state index in [1.165, 1.54) is 12.1 Å². The van der Waals surface area contributed by atoms with E-state index < -0.39 is 30.1 Å². The fourth-order valence-electron chi connectivity index (χ4n) is 2.81. The molecule has 2 rings (SSSR count). The highest BCUT2D eigenvalue weighted by atomic mass is 19.3. The monoisotopic (exact) mass is 317 g/mol. The summed E-state index contributed by atoms with van der Waals surface area (Å²) in [4.78, 5) is 0. The molecule has 0 saturated heterocycles. The molecule has 0 unspecified atom stereocenters. The summed E-state index contributed by atoms with van der Waals surface area (Å²) < 4.78 is 58.0. The second-order valence-electron chi connectivity index (χ2n) is 5.17. The molecule has 0 heterocycles. The lowest BCUT2D eigenvalue weighted by Crippen LogP contribution is -2.27. The molecule has 1 aromatic carbocycles. The maximum absolute atomic E-state index is 12.5. The molecule has 1 aliphatic carbocycles. The Hall–Kier alpha value is -1.97. The summed E-state index contributed by atoms with van der Waals surface area (Å²) in [6, 6.07) is 6.06. The zero-order valence-electron chi connectivity index (χ0n) is 11.7. The predicted octanol–water partition coefficient (Wildman–Crippen LogP) is 4.61. The van der Waals surface area contributed by atoms with Crippen molar-refractivity contribution >= 4 is 0 Å². The Morgan fingerprint density at radius 1 is 0.955 bits per heavy atom. The number of nitrogens with zero attached hydrogens (tertiary/aromatic N) is 1. The van der Waals surface area contributed by atoms with E-state index in [4.69, 9.17) is 0 Å². The summed E-state index contributed by atoms with van der Waals surface area (Å²) in [5.74, 6) is -0.948. The molecule has 120 valence electrons. The van der Waals surface area contributed by atoms with Gasteiger partial charge in [-0.25, -0.2) is 0 Å². The number of rotatable bonds is 5. The minimum Gasteiger partial charge on any atom is -0.431 e. The molecule has 0 N–H and O–H groups in total. The Kier molecular flexibility index (Phi) is 5.11. The lowest BCUT2D eigenvalue weighted by atomic mass is 9.70. The van der Waals surface area contributed by atoms with Gasteiger partial charge in [0.15, 0.2) is 11.5 Å². The lowest BCUT2D eigenvalue weighted by Gasteiger charge is -2.31. The summed E-state index contributed by atoms with van der Waals surface area (Å²) in [6.07, 6.45) is 3.93. The first kappa shape index (κ1) is 16.4. The minimum absolute atomic E-state index is 0.469. The van der Waals surface area contributed by atoms with E-state index >= 15 is 0 Å². The number of hydrogen-bond donors (Lipinski definition) is 0. The van der Waals surface area contributed by atoms with E-state index in [9.17, 15) is 22.8 Å². The van der Waals surface area contributed by atoms with Gasteiger partial charge in [-0.2, -0.15) is 22.8 Å². The number of alkyl halides is 4. The molecule has 0 radical (unpaired) electrons. The predicted molar refractivity (Wildman–Crippen MR) is 70.1 cm³/mol. The highest BCUT2D eigenvalue weighted by Crippen LogP contribution is 2.42. The second kappa shape index (κ2) is 6.86. The van der Waals surface area contributed by atoms with Gasteiger partial charge < -0.3 is 9.47 Å². The van der Waals surface area contributed by atoms with Crippen molar-refractivity contribution < 1.29 is 27.0 Å². The molecule has 1 aromatic rings. The Morgan fingerprint density at radius 3 is 2.09 bits per heavy atom. The molecule has 3 nitrogen and oxygen atoms in total. The molecule has 0 aromatic heterocycles. The van der Waals surface area contributed by atoms with Gasteiger partial charge in [-0.3, -0.25) is 0 Å². The topological polar surface area (TPSA) is 42.2 Å². The van der Waals surface area contributed by atoms with Gasteiger partial charge in [-0.05, 0) is 30.5 Å². The van der Waals surface area contributed by atoms with Gasteiger partial charge in [0.2, 0.25) is 0 Å². The van der Waals surface area contributed by atoms with Crippen molar-refractivity contribution in [2.75, 3.05) is 0 Å². The highest BCUT2D eigenvalue weighted by Gasteiger charge is 2.35. The van der Waals surface area contributed by atoms with Crippen LogP contribution in [0.15, 0.2) is 18.2 Å². The number of halogens is 4. The van der Waals surface area contributed by atoms with Crippen LogP contribution in [0.3, 0.4) is 0 Å². The average Bonchev–Trinajstić information content (AvgIpc) is 2.48. The Bertz CT molecular complexity index is 551. The van der Waals surface area contributed by atoms with Gasteiger partial charge in [-0.1, -0.05) is 25.3 Å². The minimum atomic E-state index is -3.17. The smallest absolute Gasteiger partial charge is 0.387 e. The zero-order valence-corrected chi connectivity index (χ0v) is 11.7. The van der Waals surface area contributed by atoms with Crippen molar-refractivity contribution in [2.45, 2.75) is 50.7 Å². The van der Waals surface area contributed by atoms with Crippen LogP contribution in [0.1, 0.15) is 37.7 Å². The second-order valence-corrected chi connectivity index (χ2v) is 5.17. The summed E-state index contributed by atoms with van der Waals surface area (Å²) in [6.45, 7) is -6.31.